The summed E-state index contributed by atoms with van der Waals surface area (Å²) >= 11 is 7.33. The fraction of sp³-hybridized carbons (Fsp3) is 0.312. The van der Waals surface area contributed by atoms with Gasteiger partial charge in [-0.25, -0.2) is 4.98 Å². The number of hydrogen-bond acceptors (Lipinski definition) is 3. The van der Waals surface area contributed by atoms with E-state index in [0.29, 0.717) is 29.1 Å². The SMILES string of the molecule is NCCCCc1c(-c2nccs2)[nH]c2c(C(F)(F)F)cc(Cl)cc12. The molecule has 0 saturated heterocycles. The first kappa shape index (κ1) is 17.3. The van der Waals surface area contributed by atoms with Crippen molar-refractivity contribution >= 4 is 33.8 Å². The van der Waals surface area contributed by atoms with Crippen LogP contribution in [0.1, 0.15) is 24.0 Å². The van der Waals surface area contributed by atoms with Crippen LogP contribution in [0.15, 0.2) is 23.7 Å². The van der Waals surface area contributed by atoms with Crippen molar-refractivity contribution in [1.82, 2.24) is 9.97 Å². The van der Waals surface area contributed by atoms with Crippen molar-refractivity contribution in [3.8, 4) is 10.7 Å². The minimum absolute atomic E-state index is 0.0554. The van der Waals surface area contributed by atoms with Crippen LogP contribution in [-0.4, -0.2) is 16.5 Å². The summed E-state index contributed by atoms with van der Waals surface area (Å²) in [5.41, 5.74) is 6.27. The summed E-state index contributed by atoms with van der Waals surface area (Å²) in [6.45, 7) is 0.545. The number of nitrogens with zero attached hydrogens (tertiary/aromatic N) is 1. The van der Waals surface area contributed by atoms with Gasteiger partial charge < -0.3 is 10.7 Å². The molecule has 1 aromatic carbocycles. The Bertz CT molecular complexity index is 840. The first-order valence-electron chi connectivity index (χ1n) is 7.43. The van der Waals surface area contributed by atoms with Crippen molar-refractivity contribution < 1.29 is 13.2 Å². The van der Waals surface area contributed by atoms with Crippen molar-refractivity contribution in [1.29, 1.82) is 0 Å². The Morgan fingerprint density at radius 1 is 1.25 bits per heavy atom. The lowest BCUT2D eigenvalue weighted by molar-refractivity contribution is -0.136. The van der Waals surface area contributed by atoms with E-state index >= 15 is 0 Å². The van der Waals surface area contributed by atoms with Crippen molar-refractivity contribution in [3.05, 3.63) is 39.9 Å². The molecule has 2 aromatic heterocycles. The van der Waals surface area contributed by atoms with Gasteiger partial charge in [0.2, 0.25) is 0 Å². The first-order valence-corrected chi connectivity index (χ1v) is 8.69. The summed E-state index contributed by atoms with van der Waals surface area (Å²) in [4.78, 5) is 7.17. The van der Waals surface area contributed by atoms with Gasteiger partial charge in [0, 0.05) is 22.0 Å². The second kappa shape index (κ2) is 6.74. The fourth-order valence-electron chi connectivity index (χ4n) is 2.77. The third-order valence-corrected chi connectivity index (χ3v) is 4.82. The zero-order chi connectivity index (χ0) is 17.3. The molecule has 8 heteroatoms. The van der Waals surface area contributed by atoms with E-state index in [2.05, 4.69) is 9.97 Å². The molecule has 128 valence electrons. The molecule has 0 bridgehead atoms. The van der Waals surface area contributed by atoms with Gasteiger partial charge in [0.05, 0.1) is 16.8 Å². The molecule has 0 aliphatic heterocycles. The molecule has 3 nitrogen and oxygen atoms in total. The van der Waals surface area contributed by atoms with Gasteiger partial charge in [-0.15, -0.1) is 11.3 Å². The molecule has 0 atom stereocenters. The number of nitrogens with two attached hydrogens (primary N) is 1. The van der Waals surface area contributed by atoms with Gasteiger partial charge in [-0.05, 0) is 43.5 Å². The highest BCUT2D eigenvalue weighted by Crippen LogP contribution is 2.41. The van der Waals surface area contributed by atoms with Gasteiger partial charge in [-0.1, -0.05) is 11.6 Å². The molecule has 0 aliphatic rings. The van der Waals surface area contributed by atoms with E-state index in [0.717, 1.165) is 24.5 Å². The van der Waals surface area contributed by atoms with Crippen LogP contribution in [0.3, 0.4) is 0 Å². The van der Waals surface area contributed by atoms with Crippen LogP contribution >= 0.6 is 22.9 Å². The number of aromatic nitrogens is 2. The molecule has 0 unspecified atom stereocenters. The number of benzene rings is 1. The number of hydrogen-bond donors (Lipinski definition) is 2. The Hall–Kier alpha value is -1.57. The van der Waals surface area contributed by atoms with Crippen LogP contribution in [0.2, 0.25) is 5.02 Å². The number of fused-ring (bicyclic) bond motifs is 1. The standard InChI is InChI=1S/C16H15ClF3N3S/c17-9-7-11-10(3-1-2-4-21)14(15-22-5-6-24-15)23-13(11)12(8-9)16(18,19)20/h5-8,23H,1-4,21H2. The van der Waals surface area contributed by atoms with Gasteiger partial charge in [-0.2, -0.15) is 13.2 Å². The Morgan fingerprint density at radius 2 is 2.04 bits per heavy atom. The lowest BCUT2D eigenvalue weighted by Crippen LogP contribution is -2.05. The van der Waals surface area contributed by atoms with Crippen LogP contribution in [0.25, 0.3) is 21.6 Å². The number of rotatable bonds is 5. The van der Waals surface area contributed by atoms with Crippen LogP contribution < -0.4 is 5.73 Å². The van der Waals surface area contributed by atoms with Crippen LogP contribution in [0.5, 0.6) is 0 Å². The van der Waals surface area contributed by atoms with Gasteiger partial charge >= 0.3 is 6.18 Å². The summed E-state index contributed by atoms with van der Waals surface area (Å²) in [6.07, 6.45) is -0.647. The maximum atomic E-state index is 13.4. The number of H-pyrrole nitrogens is 1. The Labute approximate surface area is 145 Å². The molecule has 0 amide bonds. The lowest BCUT2D eigenvalue weighted by Gasteiger charge is -2.09. The monoisotopic (exact) mass is 373 g/mol. The average molecular weight is 374 g/mol. The highest BCUT2D eigenvalue weighted by Gasteiger charge is 2.34. The van der Waals surface area contributed by atoms with Gasteiger partial charge in [0.15, 0.2) is 0 Å². The zero-order valence-corrected chi connectivity index (χ0v) is 14.2. The normalized spacial score (nSPS) is 12.2. The topological polar surface area (TPSA) is 54.7 Å². The molecule has 3 aromatic rings. The zero-order valence-electron chi connectivity index (χ0n) is 12.6. The van der Waals surface area contributed by atoms with Crippen LogP contribution in [0.4, 0.5) is 13.2 Å². The van der Waals surface area contributed by atoms with Gasteiger partial charge in [0.1, 0.15) is 5.01 Å². The predicted octanol–water partition coefficient (Wildman–Crippen LogP) is 5.25. The summed E-state index contributed by atoms with van der Waals surface area (Å²) in [6, 6.07) is 2.53. The summed E-state index contributed by atoms with van der Waals surface area (Å²) in [5, 5.41) is 3.03. The van der Waals surface area contributed by atoms with Gasteiger partial charge in [-0.3, -0.25) is 0 Å². The predicted molar refractivity (Wildman–Crippen MR) is 91.4 cm³/mol. The molecule has 3 rings (SSSR count). The van der Waals surface area contributed by atoms with Crippen LogP contribution in [0, 0.1) is 0 Å². The quantitative estimate of drug-likeness (QED) is 0.600. The first-order chi connectivity index (χ1) is 11.4. The number of alkyl halides is 3. The third kappa shape index (κ3) is 3.29. The lowest BCUT2D eigenvalue weighted by atomic mass is 10.0. The van der Waals surface area contributed by atoms with Crippen molar-refractivity contribution in [2.24, 2.45) is 5.73 Å². The Balaban J connectivity index is 2.24. The average Bonchev–Trinajstić information content (AvgIpc) is 3.13. The van der Waals surface area contributed by atoms with Crippen molar-refractivity contribution in [2.45, 2.75) is 25.4 Å². The molecule has 24 heavy (non-hydrogen) atoms. The second-order valence-electron chi connectivity index (χ2n) is 5.44. The molecule has 0 radical (unpaired) electrons. The van der Waals surface area contributed by atoms with E-state index in [-0.39, 0.29) is 10.5 Å². The second-order valence-corrected chi connectivity index (χ2v) is 6.77. The number of thiazole rings is 1. The molecule has 2 heterocycles. The molecule has 0 saturated carbocycles. The number of aryl methyl sites for hydroxylation is 1. The smallest absolute Gasteiger partial charge is 0.352 e. The summed E-state index contributed by atoms with van der Waals surface area (Å²) in [5.74, 6) is 0. The largest absolute Gasteiger partial charge is 0.418 e. The molecular formula is C16H15ClF3N3S. The van der Waals surface area contributed by atoms with E-state index in [4.69, 9.17) is 17.3 Å². The van der Waals surface area contributed by atoms with E-state index in [1.807, 2.05) is 0 Å². The molecule has 0 fully saturated rings. The van der Waals surface area contributed by atoms with E-state index < -0.39 is 11.7 Å². The Morgan fingerprint density at radius 3 is 2.67 bits per heavy atom. The van der Waals surface area contributed by atoms with Crippen LogP contribution in [-0.2, 0) is 12.6 Å². The number of aromatic amines is 1. The van der Waals surface area contributed by atoms with Crippen molar-refractivity contribution in [3.63, 3.8) is 0 Å². The minimum Gasteiger partial charge on any atom is -0.352 e. The molecule has 3 N–H and O–H groups in total. The van der Waals surface area contributed by atoms with E-state index in [1.54, 1.807) is 17.6 Å². The Kier molecular flexibility index (Phi) is 4.85. The maximum Gasteiger partial charge on any atom is 0.418 e. The highest BCUT2D eigenvalue weighted by atomic mass is 35.5. The molecule has 0 spiro atoms. The summed E-state index contributed by atoms with van der Waals surface area (Å²) < 4.78 is 40.1. The van der Waals surface area contributed by atoms with E-state index in [1.165, 1.54) is 11.3 Å². The van der Waals surface area contributed by atoms with Gasteiger partial charge in [0.25, 0.3) is 0 Å². The minimum atomic E-state index is -4.48. The summed E-state index contributed by atoms with van der Waals surface area (Å²) in [7, 11) is 0. The third-order valence-electron chi connectivity index (χ3n) is 3.81. The van der Waals surface area contributed by atoms with Crippen molar-refractivity contribution in [2.75, 3.05) is 6.54 Å². The maximum absolute atomic E-state index is 13.4. The fourth-order valence-corrected chi connectivity index (χ4v) is 3.66. The molecular weight excluding hydrogens is 359 g/mol. The highest BCUT2D eigenvalue weighted by molar-refractivity contribution is 7.13. The molecule has 0 aliphatic carbocycles. The van der Waals surface area contributed by atoms with E-state index in [9.17, 15) is 13.2 Å². The number of halogens is 4. The number of nitrogens with one attached hydrogen (secondary N) is 1. The number of unbranched alkanes of at least 4 members (excludes halogenated alkanes) is 1.